The van der Waals surface area contributed by atoms with Crippen molar-refractivity contribution in [2.24, 2.45) is 5.92 Å². The SMILES string of the molecule is CNC(=O)[C@H]1C[C@@H]1c1ccc(OCc2ccccc2)cc1. The Balaban J connectivity index is 1.57. The molecular weight excluding hydrogens is 262 g/mol. The summed E-state index contributed by atoms with van der Waals surface area (Å²) >= 11 is 0. The van der Waals surface area contributed by atoms with Crippen molar-refractivity contribution in [2.45, 2.75) is 18.9 Å². The molecule has 2 aromatic carbocycles. The fourth-order valence-electron chi connectivity index (χ4n) is 2.59. The molecule has 0 spiro atoms. The van der Waals surface area contributed by atoms with Gasteiger partial charge in [-0.25, -0.2) is 0 Å². The van der Waals surface area contributed by atoms with Crippen molar-refractivity contribution in [1.29, 1.82) is 0 Å². The number of hydrogen-bond acceptors (Lipinski definition) is 2. The summed E-state index contributed by atoms with van der Waals surface area (Å²) in [5.41, 5.74) is 2.37. The minimum absolute atomic E-state index is 0.143. The number of carbonyl (C=O) groups is 1. The quantitative estimate of drug-likeness (QED) is 0.914. The maximum atomic E-state index is 11.5. The van der Waals surface area contributed by atoms with Crippen LogP contribution in [0, 0.1) is 5.92 Å². The Morgan fingerprint density at radius 3 is 2.52 bits per heavy atom. The number of ether oxygens (including phenoxy) is 1. The molecule has 108 valence electrons. The van der Waals surface area contributed by atoms with Gasteiger partial charge in [-0.1, -0.05) is 42.5 Å². The first-order valence-electron chi connectivity index (χ1n) is 7.26. The maximum Gasteiger partial charge on any atom is 0.223 e. The van der Waals surface area contributed by atoms with E-state index >= 15 is 0 Å². The maximum absolute atomic E-state index is 11.5. The topological polar surface area (TPSA) is 38.3 Å². The Kier molecular flexibility index (Phi) is 3.91. The highest BCUT2D eigenvalue weighted by molar-refractivity contribution is 5.82. The smallest absolute Gasteiger partial charge is 0.223 e. The van der Waals surface area contributed by atoms with E-state index in [0.717, 1.165) is 17.7 Å². The van der Waals surface area contributed by atoms with E-state index in [1.807, 2.05) is 42.5 Å². The Hall–Kier alpha value is -2.29. The fraction of sp³-hybridized carbons (Fsp3) is 0.278. The molecule has 0 unspecified atom stereocenters. The standard InChI is InChI=1S/C18H19NO2/c1-19-18(20)17-11-16(17)14-7-9-15(10-8-14)21-12-13-5-3-2-4-6-13/h2-10,16-17H,11-12H2,1H3,(H,19,20)/t16-,17+/m1/s1. The largest absolute Gasteiger partial charge is 0.489 e. The number of hydrogen-bond donors (Lipinski definition) is 1. The molecule has 0 saturated heterocycles. The first kappa shape index (κ1) is 13.7. The van der Waals surface area contributed by atoms with Crippen LogP contribution in [0.5, 0.6) is 5.75 Å². The number of carbonyl (C=O) groups excluding carboxylic acids is 1. The lowest BCUT2D eigenvalue weighted by Crippen LogP contribution is -2.20. The predicted molar refractivity (Wildman–Crippen MR) is 82.1 cm³/mol. The normalized spacial score (nSPS) is 19.9. The van der Waals surface area contributed by atoms with Crippen LogP contribution in [0.2, 0.25) is 0 Å². The van der Waals surface area contributed by atoms with Gasteiger partial charge in [-0.2, -0.15) is 0 Å². The minimum atomic E-state index is 0.143. The lowest BCUT2D eigenvalue weighted by Gasteiger charge is -2.07. The molecule has 0 bridgehead atoms. The zero-order valence-electron chi connectivity index (χ0n) is 12.1. The summed E-state index contributed by atoms with van der Waals surface area (Å²) in [5.74, 6) is 1.52. The van der Waals surface area contributed by atoms with Crippen molar-refractivity contribution < 1.29 is 9.53 Å². The summed E-state index contributed by atoms with van der Waals surface area (Å²) in [4.78, 5) is 11.5. The van der Waals surface area contributed by atoms with E-state index < -0.39 is 0 Å². The predicted octanol–water partition coefficient (Wildman–Crippen LogP) is 3.12. The Morgan fingerprint density at radius 2 is 1.86 bits per heavy atom. The van der Waals surface area contributed by atoms with Crippen LogP contribution in [0.25, 0.3) is 0 Å². The molecule has 0 aromatic heterocycles. The van der Waals surface area contributed by atoms with Gasteiger partial charge < -0.3 is 10.1 Å². The lowest BCUT2D eigenvalue weighted by molar-refractivity contribution is -0.121. The van der Waals surface area contributed by atoms with Gasteiger partial charge in [-0.15, -0.1) is 0 Å². The van der Waals surface area contributed by atoms with Crippen LogP contribution in [0.4, 0.5) is 0 Å². The number of benzene rings is 2. The van der Waals surface area contributed by atoms with E-state index in [9.17, 15) is 4.79 Å². The molecule has 1 fully saturated rings. The van der Waals surface area contributed by atoms with E-state index in [-0.39, 0.29) is 11.8 Å². The van der Waals surface area contributed by atoms with Gasteiger partial charge in [0.05, 0.1) is 0 Å². The second-order valence-electron chi connectivity index (χ2n) is 5.41. The zero-order chi connectivity index (χ0) is 14.7. The van der Waals surface area contributed by atoms with Crippen LogP contribution in [0.1, 0.15) is 23.5 Å². The van der Waals surface area contributed by atoms with E-state index in [1.165, 1.54) is 5.56 Å². The molecule has 1 amide bonds. The van der Waals surface area contributed by atoms with Crippen LogP contribution in [0.3, 0.4) is 0 Å². The Labute approximate surface area is 124 Å². The van der Waals surface area contributed by atoms with Crippen LogP contribution in [-0.2, 0) is 11.4 Å². The van der Waals surface area contributed by atoms with E-state index in [2.05, 4.69) is 17.4 Å². The molecule has 21 heavy (non-hydrogen) atoms. The zero-order valence-corrected chi connectivity index (χ0v) is 12.1. The van der Waals surface area contributed by atoms with Gasteiger partial charge in [0.15, 0.2) is 0 Å². The first-order valence-corrected chi connectivity index (χ1v) is 7.26. The van der Waals surface area contributed by atoms with Crippen LogP contribution in [-0.4, -0.2) is 13.0 Å². The highest BCUT2D eigenvalue weighted by Gasteiger charge is 2.43. The lowest BCUT2D eigenvalue weighted by atomic mass is 10.1. The molecule has 3 nitrogen and oxygen atoms in total. The van der Waals surface area contributed by atoms with Gasteiger partial charge in [0.1, 0.15) is 12.4 Å². The molecule has 1 saturated carbocycles. The van der Waals surface area contributed by atoms with Crippen molar-refractivity contribution >= 4 is 5.91 Å². The third-order valence-corrected chi connectivity index (χ3v) is 3.93. The molecule has 2 atom stereocenters. The number of nitrogens with one attached hydrogen (secondary N) is 1. The van der Waals surface area contributed by atoms with Gasteiger partial charge in [0.2, 0.25) is 5.91 Å². The third kappa shape index (κ3) is 3.24. The number of amides is 1. The average molecular weight is 281 g/mol. The second kappa shape index (κ2) is 6.00. The van der Waals surface area contributed by atoms with Gasteiger partial charge in [-0.05, 0) is 35.6 Å². The Bertz CT molecular complexity index is 607. The molecule has 0 heterocycles. The summed E-state index contributed by atoms with van der Waals surface area (Å²) < 4.78 is 5.76. The molecule has 1 aliphatic carbocycles. The summed E-state index contributed by atoms with van der Waals surface area (Å²) in [6.07, 6.45) is 0.948. The average Bonchev–Trinajstić information content (AvgIpc) is 3.34. The van der Waals surface area contributed by atoms with Crippen molar-refractivity contribution in [1.82, 2.24) is 5.32 Å². The van der Waals surface area contributed by atoms with Crippen molar-refractivity contribution in [3.05, 3.63) is 65.7 Å². The van der Waals surface area contributed by atoms with Gasteiger partial charge in [0, 0.05) is 13.0 Å². The van der Waals surface area contributed by atoms with Crippen LogP contribution < -0.4 is 10.1 Å². The number of rotatable bonds is 5. The summed E-state index contributed by atoms with van der Waals surface area (Å²) in [7, 11) is 1.69. The molecule has 2 aromatic rings. The Morgan fingerprint density at radius 1 is 1.14 bits per heavy atom. The third-order valence-electron chi connectivity index (χ3n) is 3.93. The molecule has 0 radical (unpaired) electrons. The van der Waals surface area contributed by atoms with Crippen LogP contribution in [0.15, 0.2) is 54.6 Å². The van der Waals surface area contributed by atoms with Crippen LogP contribution >= 0.6 is 0 Å². The molecule has 1 aliphatic rings. The molecular formula is C18H19NO2. The molecule has 3 heteroatoms. The molecule has 1 N–H and O–H groups in total. The van der Waals surface area contributed by atoms with Crippen molar-refractivity contribution in [2.75, 3.05) is 7.05 Å². The van der Waals surface area contributed by atoms with Gasteiger partial charge in [0.25, 0.3) is 0 Å². The fourth-order valence-corrected chi connectivity index (χ4v) is 2.59. The van der Waals surface area contributed by atoms with E-state index in [0.29, 0.717) is 12.5 Å². The highest BCUT2D eigenvalue weighted by Crippen LogP contribution is 2.47. The molecule has 3 rings (SSSR count). The van der Waals surface area contributed by atoms with Gasteiger partial charge >= 0.3 is 0 Å². The summed E-state index contributed by atoms with van der Waals surface area (Å²) in [5, 5.41) is 2.71. The molecule has 0 aliphatic heterocycles. The van der Waals surface area contributed by atoms with Gasteiger partial charge in [-0.3, -0.25) is 4.79 Å². The second-order valence-corrected chi connectivity index (χ2v) is 5.41. The first-order chi connectivity index (χ1) is 10.3. The highest BCUT2D eigenvalue weighted by atomic mass is 16.5. The van der Waals surface area contributed by atoms with Crippen molar-refractivity contribution in [3.63, 3.8) is 0 Å². The van der Waals surface area contributed by atoms with E-state index in [4.69, 9.17) is 4.74 Å². The van der Waals surface area contributed by atoms with E-state index in [1.54, 1.807) is 7.05 Å². The monoisotopic (exact) mass is 281 g/mol. The minimum Gasteiger partial charge on any atom is -0.489 e. The summed E-state index contributed by atoms with van der Waals surface area (Å²) in [6, 6.07) is 18.2. The summed E-state index contributed by atoms with van der Waals surface area (Å²) in [6.45, 7) is 0.574. The van der Waals surface area contributed by atoms with Crippen molar-refractivity contribution in [3.8, 4) is 5.75 Å².